The smallest absolute Gasteiger partial charge is 0.139 e. The van der Waals surface area contributed by atoms with Crippen LogP contribution in [0.15, 0.2) is 28.9 Å². The first-order valence-corrected chi connectivity index (χ1v) is 6.76. The Kier molecular flexibility index (Phi) is 3.89. The SMILES string of the molecule is CC(C)(C)n1cc(CNc2ccc(Br)c(F)c2)nn1. The average Bonchev–Trinajstić information content (AvgIpc) is 2.79. The summed E-state index contributed by atoms with van der Waals surface area (Å²) >= 11 is 3.12. The number of halogens is 2. The van der Waals surface area contributed by atoms with Crippen LogP contribution in [0.25, 0.3) is 0 Å². The average molecular weight is 327 g/mol. The molecule has 0 fully saturated rings. The lowest BCUT2D eigenvalue weighted by Gasteiger charge is -2.17. The lowest BCUT2D eigenvalue weighted by molar-refractivity contribution is 0.347. The van der Waals surface area contributed by atoms with Gasteiger partial charge in [0.1, 0.15) is 11.5 Å². The highest BCUT2D eigenvalue weighted by Gasteiger charge is 2.14. The normalized spacial score (nSPS) is 11.6. The van der Waals surface area contributed by atoms with Crippen molar-refractivity contribution in [2.45, 2.75) is 32.9 Å². The zero-order valence-electron chi connectivity index (χ0n) is 11.1. The summed E-state index contributed by atoms with van der Waals surface area (Å²) in [5.74, 6) is -0.289. The topological polar surface area (TPSA) is 42.7 Å². The van der Waals surface area contributed by atoms with Gasteiger partial charge in [0.2, 0.25) is 0 Å². The minimum atomic E-state index is -0.289. The van der Waals surface area contributed by atoms with Gasteiger partial charge in [-0.25, -0.2) is 9.07 Å². The van der Waals surface area contributed by atoms with E-state index in [4.69, 9.17) is 0 Å². The molecule has 0 amide bonds. The number of nitrogens with zero attached hydrogens (tertiary/aromatic N) is 3. The predicted octanol–water partition coefficient (Wildman–Crippen LogP) is 3.55. The Labute approximate surface area is 120 Å². The van der Waals surface area contributed by atoms with Crippen molar-refractivity contribution in [3.63, 3.8) is 0 Å². The summed E-state index contributed by atoms with van der Waals surface area (Å²) in [6.45, 7) is 6.69. The third kappa shape index (κ3) is 3.53. The summed E-state index contributed by atoms with van der Waals surface area (Å²) in [6, 6.07) is 4.92. The van der Waals surface area contributed by atoms with Gasteiger partial charge < -0.3 is 5.32 Å². The van der Waals surface area contributed by atoms with Crippen molar-refractivity contribution in [2.75, 3.05) is 5.32 Å². The van der Waals surface area contributed by atoms with E-state index in [1.807, 2.05) is 10.9 Å². The molecule has 19 heavy (non-hydrogen) atoms. The maximum atomic E-state index is 13.3. The van der Waals surface area contributed by atoms with Crippen molar-refractivity contribution in [2.24, 2.45) is 0 Å². The van der Waals surface area contributed by atoms with Gasteiger partial charge in [0.05, 0.1) is 22.8 Å². The molecule has 1 aromatic carbocycles. The number of benzene rings is 1. The van der Waals surface area contributed by atoms with Crippen molar-refractivity contribution >= 4 is 21.6 Å². The molecule has 102 valence electrons. The van der Waals surface area contributed by atoms with E-state index in [1.165, 1.54) is 6.07 Å². The fourth-order valence-electron chi connectivity index (χ4n) is 1.51. The van der Waals surface area contributed by atoms with E-state index >= 15 is 0 Å². The first kappa shape index (κ1) is 14.0. The zero-order valence-corrected chi connectivity index (χ0v) is 12.7. The second-order valence-electron chi connectivity index (χ2n) is 5.31. The highest BCUT2D eigenvalue weighted by Crippen LogP contribution is 2.19. The summed E-state index contributed by atoms with van der Waals surface area (Å²) < 4.78 is 15.6. The van der Waals surface area contributed by atoms with Crippen molar-refractivity contribution in [3.05, 3.63) is 40.4 Å². The quantitative estimate of drug-likeness (QED) is 0.937. The Hall–Kier alpha value is -1.43. The molecular weight excluding hydrogens is 311 g/mol. The van der Waals surface area contributed by atoms with Gasteiger partial charge in [0.25, 0.3) is 0 Å². The molecule has 0 aliphatic heterocycles. The fourth-order valence-corrected chi connectivity index (χ4v) is 1.75. The molecule has 1 heterocycles. The second kappa shape index (κ2) is 5.28. The maximum Gasteiger partial charge on any atom is 0.139 e. The molecule has 1 N–H and O–H groups in total. The van der Waals surface area contributed by atoms with Crippen LogP contribution in [-0.2, 0) is 12.1 Å². The molecule has 4 nitrogen and oxygen atoms in total. The maximum absolute atomic E-state index is 13.3. The Balaban J connectivity index is 2.02. The van der Waals surface area contributed by atoms with E-state index < -0.39 is 0 Å². The third-order valence-corrected chi connectivity index (χ3v) is 3.26. The fraction of sp³-hybridized carbons (Fsp3) is 0.385. The highest BCUT2D eigenvalue weighted by molar-refractivity contribution is 9.10. The molecule has 1 aromatic heterocycles. The molecule has 0 bridgehead atoms. The lowest BCUT2D eigenvalue weighted by Crippen LogP contribution is -2.22. The zero-order chi connectivity index (χ0) is 14.0. The van der Waals surface area contributed by atoms with E-state index in [9.17, 15) is 4.39 Å². The van der Waals surface area contributed by atoms with Crippen LogP contribution in [-0.4, -0.2) is 15.0 Å². The summed E-state index contributed by atoms with van der Waals surface area (Å²) in [4.78, 5) is 0. The lowest BCUT2D eigenvalue weighted by atomic mass is 10.1. The number of hydrogen-bond acceptors (Lipinski definition) is 3. The van der Waals surface area contributed by atoms with Gasteiger partial charge in [0.15, 0.2) is 0 Å². The molecule has 2 aromatic rings. The van der Waals surface area contributed by atoms with Crippen LogP contribution < -0.4 is 5.32 Å². The van der Waals surface area contributed by atoms with E-state index in [1.54, 1.807) is 12.1 Å². The molecule has 0 spiro atoms. The Bertz CT molecular complexity index is 574. The van der Waals surface area contributed by atoms with Gasteiger partial charge in [-0.1, -0.05) is 5.21 Å². The van der Waals surface area contributed by atoms with Crippen LogP contribution in [0.1, 0.15) is 26.5 Å². The van der Waals surface area contributed by atoms with Crippen LogP contribution in [0.5, 0.6) is 0 Å². The molecule has 0 saturated heterocycles. The number of nitrogens with one attached hydrogen (secondary N) is 1. The van der Waals surface area contributed by atoms with Crippen LogP contribution in [0.4, 0.5) is 10.1 Å². The first-order valence-electron chi connectivity index (χ1n) is 5.97. The molecule has 0 saturated carbocycles. The number of anilines is 1. The number of hydrogen-bond donors (Lipinski definition) is 1. The molecule has 6 heteroatoms. The molecule has 0 aliphatic carbocycles. The number of aromatic nitrogens is 3. The monoisotopic (exact) mass is 326 g/mol. The largest absolute Gasteiger partial charge is 0.379 e. The summed E-state index contributed by atoms with van der Waals surface area (Å²) in [5, 5.41) is 11.3. The summed E-state index contributed by atoms with van der Waals surface area (Å²) in [6.07, 6.45) is 1.89. The van der Waals surface area contributed by atoms with Crippen LogP contribution >= 0.6 is 15.9 Å². The molecule has 0 radical (unpaired) electrons. The van der Waals surface area contributed by atoms with Crippen LogP contribution in [0.3, 0.4) is 0 Å². The van der Waals surface area contributed by atoms with Crippen LogP contribution in [0, 0.1) is 5.82 Å². The predicted molar refractivity (Wildman–Crippen MR) is 76.4 cm³/mol. The summed E-state index contributed by atoms with van der Waals surface area (Å²) in [5.41, 5.74) is 1.44. The van der Waals surface area contributed by atoms with E-state index in [2.05, 4.69) is 52.3 Å². The third-order valence-electron chi connectivity index (χ3n) is 2.62. The van der Waals surface area contributed by atoms with Gasteiger partial charge in [-0.05, 0) is 54.9 Å². The van der Waals surface area contributed by atoms with Crippen molar-refractivity contribution < 1.29 is 4.39 Å². The Morgan fingerprint density at radius 2 is 2.11 bits per heavy atom. The van der Waals surface area contributed by atoms with Crippen LogP contribution in [0.2, 0.25) is 0 Å². The van der Waals surface area contributed by atoms with Crippen molar-refractivity contribution in [1.29, 1.82) is 0 Å². The first-order chi connectivity index (χ1) is 8.86. The Morgan fingerprint density at radius 3 is 2.68 bits per heavy atom. The van der Waals surface area contributed by atoms with Gasteiger partial charge >= 0.3 is 0 Å². The van der Waals surface area contributed by atoms with E-state index in [-0.39, 0.29) is 11.4 Å². The molecule has 2 rings (SSSR count). The Morgan fingerprint density at radius 1 is 1.37 bits per heavy atom. The van der Waals surface area contributed by atoms with Gasteiger partial charge in [-0.2, -0.15) is 0 Å². The van der Waals surface area contributed by atoms with E-state index in [0.29, 0.717) is 16.7 Å². The second-order valence-corrected chi connectivity index (χ2v) is 6.16. The molecular formula is C13H16BrFN4. The van der Waals surface area contributed by atoms with Gasteiger partial charge in [-0.3, -0.25) is 0 Å². The standard InChI is InChI=1S/C13H16BrFN4/c1-13(2,3)19-8-10(17-18-19)7-16-9-4-5-11(14)12(15)6-9/h4-6,8,16H,7H2,1-3H3. The molecule has 0 unspecified atom stereocenters. The minimum absolute atomic E-state index is 0.0883. The van der Waals surface area contributed by atoms with Crippen molar-refractivity contribution in [3.8, 4) is 0 Å². The minimum Gasteiger partial charge on any atom is -0.379 e. The molecule has 0 atom stereocenters. The van der Waals surface area contributed by atoms with Gasteiger partial charge in [0, 0.05) is 5.69 Å². The van der Waals surface area contributed by atoms with E-state index in [0.717, 1.165) is 5.69 Å². The molecule has 0 aliphatic rings. The number of rotatable bonds is 3. The van der Waals surface area contributed by atoms with Gasteiger partial charge in [-0.15, -0.1) is 5.10 Å². The summed E-state index contributed by atoms with van der Waals surface area (Å²) in [7, 11) is 0. The van der Waals surface area contributed by atoms with Crippen molar-refractivity contribution in [1.82, 2.24) is 15.0 Å². The highest BCUT2D eigenvalue weighted by atomic mass is 79.9.